The van der Waals surface area contributed by atoms with Crippen molar-refractivity contribution in [1.29, 1.82) is 0 Å². The first-order valence-electron chi connectivity index (χ1n) is 15.9. The number of fused-ring (bicyclic) bond motifs is 7. The highest BCUT2D eigenvalue weighted by Crippen LogP contribution is 2.42. The molecule has 0 saturated heterocycles. The highest BCUT2D eigenvalue weighted by molar-refractivity contribution is 6.16. The third-order valence-corrected chi connectivity index (χ3v) is 9.09. The summed E-state index contributed by atoms with van der Waals surface area (Å²) in [5, 5.41) is 6.41. The van der Waals surface area contributed by atoms with Gasteiger partial charge in [0.1, 0.15) is 22.3 Å². The minimum atomic E-state index is 0.584. The fourth-order valence-corrected chi connectivity index (χ4v) is 6.77. The predicted molar refractivity (Wildman–Crippen MR) is 194 cm³/mol. The highest BCUT2D eigenvalue weighted by Gasteiger charge is 2.21. The van der Waals surface area contributed by atoms with Crippen LogP contribution in [0, 0.1) is 0 Å². The van der Waals surface area contributed by atoms with Crippen LogP contribution in [0.3, 0.4) is 0 Å². The van der Waals surface area contributed by atoms with E-state index in [0.717, 1.165) is 82.5 Å². The monoisotopic (exact) mass is 615 g/mol. The zero-order chi connectivity index (χ0) is 31.6. The lowest BCUT2D eigenvalue weighted by atomic mass is 9.96. The van der Waals surface area contributed by atoms with Crippen molar-refractivity contribution in [3.8, 4) is 45.3 Å². The van der Waals surface area contributed by atoms with Gasteiger partial charge in [-0.15, -0.1) is 0 Å². The molecule has 5 nitrogen and oxygen atoms in total. The van der Waals surface area contributed by atoms with Gasteiger partial charge in [-0.1, -0.05) is 109 Å². The molecule has 224 valence electrons. The Morgan fingerprint density at radius 1 is 0.333 bits per heavy atom. The minimum Gasteiger partial charge on any atom is -0.456 e. The number of hydrogen-bond donors (Lipinski definition) is 0. The molecule has 0 aliphatic rings. The van der Waals surface area contributed by atoms with Gasteiger partial charge in [-0.05, 0) is 64.4 Å². The maximum absolute atomic E-state index is 6.67. The molecule has 10 rings (SSSR count). The standard InChI is InChI=1S/C43H25N3O2/c1-3-11-26(12-4-1)41-44-42(27-13-5-2-6-14-27)46-43(45-41)35-23-31(30-19-20-37-33(21-30)32-17-9-10-18-36(32)47-37)25-39-40(35)34-22-28-15-7-8-16-29(28)24-38(34)48-39/h1-25H. The van der Waals surface area contributed by atoms with Crippen LogP contribution in [-0.2, 0) is 0 Å². The van der Waals surface area contributed by atoms with Crippen molar-refractivity contribution in [3.63, 3.8) is 0 Å². The molecule has 7 aromatic carbocycles. The molecule has 0 aliphatic carbocycles. The summed E-state index contributed by atoms with van der Waals surface area (Å²) in [6.45, 7) is 0. The van der Waals surface area contributed by atoms with E-state index in [2.05, 4.69) is 66.7 Å². The van der Waals surface area contributed by atoms with Crippen LogP contribution in [0.15, 0.2) is 160 Å². The second-order valence-electron chi connectivity index (χ2n) is 12.0. The van der Waals surface area contributed by atoms with E-state index in [-0.39, 0.29) is 0 Å². The zero-order valence-corrected chi connectivity index (χ0v) is 25.6. The van der Waals surface area contributed by atoms with Gasteiger partial charge in [0.2, 0.25) is 0 Å². The SMILES string of the molecule is c1ccc(-c2nc(-c3ccccc3)nc(-c3cc(-c4ccc5oc6ccccc6c5c4)cc4oc5cc6ccccc6cc5c34)n2)cc1. The first kappa shape index (κ1) is 26.6. The van der Waals surface area contributed by atoms with Crippen molar-refractivity contribution >= 4 is 54.6 Å². The maximum atomic E-state index is 6.67. The second kappa shape index (κ2) is 10.5. The number of aromatic nitrogens is 3. The van der Waals surface area contributed by atoms with E-state index < -0.39 is 0 Å². The van der Waals surface area contributed by atoms with Crippen LogP contribution in [0.2, 0.25) is 0 Å². The van der Waals surface area contributed by atoms with E-state index in [9.17, 15) is 0 Å². The molecule has 0 N–H and O–H groups in total. The molecular formula is C43H25N3O2. The Hall–Kier alpha value is -6.59. The van der Waals surface area contributed by atoms with E-state index in [1.807, 2.05) is 84.9 Å². The van der Waals surface area contributed by atoms with Crippen molar-refractivity contribution in [2.75, 3.05) is 0 Å². The molecule has 3 aromatic heterocycles. The number of para-hydroxylation sites is 1. The van der Waals surface area contributed by atoms with E-state index in [4.69, 9.17) is 23.8 Å². The molecule has 0 fully saturated rings. The summed E-state index contributed by atoms with van der Waals surface area (Å²) < 4.78 is 12.8. The van der Waals surface area contributed by atoms with Crippen LogP contribution in [0.25, 0.3) is 99.9 Å². The topological polar surface area (TPSA) is 65.0 Å². The molecule has 48 heavy (non-hydrogen) atoms. The summed E-state index contributed by atoms with van der Waals surface area (Å²) in [7, 11) is 0. The van der Waals surface area contributed by atoms with Gasteiger partial charge in [0.25, 0.3) is 0 Å². The Balaban J connectivity index is 1.29. The first-order chi connectivity index (χ1) is 23.7. The van der Waals surface area contributed by atoms with Gasteiger partial charge in [0, 0.05) is 38.2 Å². The second-order valence-corrected chi connectivity index (χ2v) is 12.0. The average Bonchev–Trinajstić information content (AvgIpc) is 3.71. The normalized spacial score (nSPS) is 11.8. The van der Waals surface area contributed by atoms with E-state index >= 15 is 0 Å². The Morgan fingerprint density at radius 2 is 0.938 bits per heavy atom. The van der Waals surface area contributed by atoms with Crippen molar-refractivity contribution in [3.05, 3.63) is 152 Å². The first-order valence-corrected chi connectivity index (χ1v) is 15.9. The number of benzene rings is 7. The zero-order valence-electron chi connectivity index (χ0n) is 25.6. The third-order valence-electron chi connectivity index (χ3n) is 9.09. The Labute approximate surface area is 274 Å². The lowest BCUT2D eigenvalue weighted by Gasteiger charge is -2.11. The quantitative estimate of drug-likeness (QED) is 0.197. The molecule has 0 radical (unpaired) electrons. The van der Waals surface area contributed by atoms with Crippen molar-refractivity contribution in [1.82, 2.24) is 15.0 Å². The van der Waals surface area contributed by atoms with Crippen LogP contribution in [0.1, 0.15) is 0 Å². The van der Waals surface area contributed by atoms with Gasteiger partial charge < -0.3 is 8.83 Å². The molecule has 0 bridgehead atoms. The largest absolute Gasteiger partial charge is 0.456 e. The Morgan fingerprint density at radius 3 is 1.69 bits per heavy atom. The third kappa shape index (κ3) is 4.29. The van der Waals surface area contributed by atoms with Crippen molar-refractivity contribution < 1.29 is 8.83 Å². The van der Waals surface area contributed by atoms with E-state index in [1.165, 1.54) is 0 Å². The summed E-state index contributed by atoms with van der Waals surface area (Å²) in [4.78, 5) is 15.2. The molecule has 0 saturated carbocycles. The highest BCUT2D eigenvalue weighted by atomic mass is 16.3. The summed E-state index contributed by atoms with van der Waals surface area (Å²) >= 11 is 0. The van der Waals surface area contributed by atoms with Gasteiger partial charge >= 0.3 is 0 Å². The minimum absolute atomic E-state index is 0.584. The lowest BCUT2D eigenvalue weighted by molar-refractivity contribution is 0.669. The molecular weight excluding hydrogens is 590 g/mol. The lowest BCUT2D eigenvalue weighted by Crippen LogP contribution is -2.00. The smallest absolute Gasteiger partial charge is 0.164 e. The Kier molecular flexibility index (Phi) is 5.81. The van der Waals surface area contributed by atoms with Crippen LogP contribution < -0.4 is 0 Å². The molecule has 0 amide bonds. The predicted octanol–water partition coefficient (Wildman–Crippen LogP) is 11.5. The molecule has 0 unspecified atom stereocenters. The molecule has 0 aliphatic heterocycles. The average molecular weight is 616 g/mol. The van der Waals surface area contributed by atoms with Crippen LogP contribution in [0.4, 0.5) is 0 Å². The maximum Gasteiger partial charge on any atom is 0.164 e. The van der Waals surface area contributed by atoms with Crippen molar-refractivity contribution in [2.24, 2.45) is 0 Å². The van der Waals surface area contributed by atoms with Gasteiger partial charge in [0.05, 0.1) is 0 Å². The van der Waals surface area contributed by atoms with Gasteiger partial charge in [0.15, 0.2) is 17.5 Å². The molecule has 0 spiro atoms. The van der Waals surface area contributed by atoms with Crippen molar-refractivity contribution in [2.45, 2.75) is 0 Å². The molecule has 3 heterocycles. The van der Waals surface area contributed by atoms with E-state index in [0.29, 0.717) is 17.5 Å². The summed E-state index contributed by atoms with van der Waals surface area (Å²) in [5.74, 6) is 1.81. The van der Waals surface area contributed by atoms with Gasteiger partial charge in [-0.2, -0.15) is 0 Å². The van der Waals surface area contributed by atoms with Crippen LogP contribution in [-0.4, -0.2) is 15.0 Å². The summed E-state index contributed by atoms with van der Waals surface area (Å²) in [6, 6.07) is 51.6. The van der Waals surface area contributed by atoms with Gasteiger partial charge in [-0.3, -0.25) is 0 Å². The molecule has 0 atom stereocenters. The number of furan rings is 2. The fraction of sp³-hybridized carbons (Fsp3) is 0. The van der Waals surface area contributed by atoms with Gasteiger partial charge in [-0.25, -0.2) is 15.0 Å². The molecule has 10 aromatic rings. The molecule has 5 heteroatoms. The Bertz CT molecular complexity index is 2780. The fourth-order valence-electron chi connectivity index (χ4n) is 6.77. The summed E-state index contributed by atoms with van der Waals surface area (Å²) in [5.41, 5.74) is 8.08. The number of nitrogens with zero attached hydrogens (tertiary/aromatic N) is 3. The van der Waals surface area contributed by atoms with E-state index in [1.54, 1.807) is 0 Å². The van der Waals surface area contributed by atoms with Crippen LogP contribution >= 0.6 is 0 Å². The number of hydrogen-bond acceptors (Lipinski definition) is 5. The van der Waals surface area contributed by atoms with Crippen LogP contribution in [0.5, 0.6) is 0 Å². The number of rotatable bonds is 4. The summed E-state index contributed by atoms with van der Waals surface area (Å²) in [6.07, 6.45) is 0.